The number of aryl methyl sites for hydroxylation is 1. The summed E-state index contributed by atoms with van der Waals surface area (Å²) in [6.45, 7) is 2.00. The van der Waals surface area contributed by atoms with E-state index in [0.29, 0.717) is 5.56 Å². The Kier molecular flexibility index (Phi) is 4.69. The molecule has 0 aliphatic carbocycles. The molecule has 0 aromatic heterocycles. The van der Waals surface area contributed by atoms with Gasteiger partial charge in [-0.05, 0) is 55.1 Å². The second-order valence-electron chi connectivity index (χ2n) is 4.48. The monoisotopic (exact) mass is 286 g/mol. The molecule has 3 nitrogen and oxygen atoms in total. The molecule has 104 valence electrons. The topological polar surface area (TPSA) is 41.1 Å². The quantitative estimate of drug-likeness (QED) is 0.834. The number of carbonyl (C=O) groups is 1. The Hall–Kier alpha value is -1.94. The van der Waals surface area contributed by atoms with Gasteiger partial charge in [-0.25, -0.2) is 0 Å². The summed E-state index contributed by atoms with van der Waals surface area (Å²) in [5.41, 5.74) is 3.40. The minimum absolute atomic E-state index is 0.105. The average molecular weight is 286 g/mol. The zero-order chi connectivity index (χ0) is 14.5. The van der Waals surface area contributed by atoms with Crippen LogP contribution < -0.4 is 10.6 Å². The van der Waals surface area contributed by atoms with Gasteiger partial charge in [0, 0.05) is 23.3 Å². The van der Waals surface area contributed by atoms with Crippen LogP contribution in [0.4, 0.5) is 11.4 Å². The Balaban J connectivity index is 2.19. The van der Waals surface area contributed by atoms with Gasteiger partial charge in [-0.3, -0.25) is 4.79 Å². The van der Waals surface area contributed by atoms with Gasteiger partial charge in [0.1, 0.15) is 0 Å². The molecule has 0 fully saturated rings. The van der Waals surface area contributed by atoms with Crippen LogP contribution in [0.15, 0.2) is 47.4 Å². The van der Waals surface area contributed by atoms with Gasteiger partial charge in [0.25, 0.3) is 5.91 Å². The standard InChI is InChI=1S/C16H18N2OS/c1-11-4-9-14(15(10-11)17-2)16(19)18-12-5-7-13(20-3)8-6-12/h4-10,17H,1-3H3,(H,18,19). The Labute approximate surface area is 123 Å². The van der Waals surface area contributed by atoms with Gasteiger partial charge in [0.05, 0.1) is 5.56 Å². The van der Waals surface area contributed by atoms with E-state index in [1.807, 2.05) is 62.7 Å². The van der Waals surface area contributed by atoms with Gasteiger partial charge >= 0.3 is 0 Å². The second-order valence-corrected chi connectivity index (χ2v) is 5.36. The van der Waals surface area contributed by atoms with E-state index in [4.69, 9.17) is 0 Å². The molecule has 4 heteroatoms. The Morgan fingerprint density at radius 3 is 2.40 bits per heavy atom. The average Bonchev–Trinajstić information content (AvgIpc) is 2.47. The summed E-state index contributed by atoms with van der Waals surface area (Å²) in [5, 5.41) is 5.97. The molecule has 0 unspecified atom stereocenters. The van der Waals surface area contributed by atoms with Crippen LogP contribution >= 0.6 is 11.8 Å². The molecule has 2 N–H and O–H groups in total. The third-order valence-electron chi connectivity index (χ3n) is 3.04. The van der Waals surface area contributed by atoms with Crippen molar-refractivity contribution in [3.8, 4) is 0 Å². The molecule has 0 saturated heterocycles. The highest BCUT2D eigenvalue weighted by Gasteiger charge is 2.11. The van der Waals surface area contributed by atoms with Crippen LogP contribution in [0.2, 0.25) is 0 Å². The van der Waals surface area contributed by atoms with Crippen molar-refractivity contribution in [2.75, 3.05) is 23.9 Å². The van der Waals surface area contributed by atoms with Crippen molar-refractivity contribution < 1.29 is 4.79 Å². The predicted molar refractivity (Wildman–Crippen MR) is 86.9 cm³/mol. The van der Waals surface area contributed by atoms with Crippen LogP contribution in [0.25, 0.3) is 0 Å². The van der Waals surface area contributed by atoms with Gasteiger partial charge < -0.3 is 10.6 Å². The van der Waals surface area contributed by atoms with Crippen molar-refractivity contribution in [2.45, 2.75) is 11.8 Å². The van der Waals surface area contributed by atoms with Crippen molar-refractivity contribution in [1.29, 1.82) is 0 Å². The first-order valence-electron chi connectivity index (χ1n) is 6.38. The normalized spacial score (nSPS) is 10.2. The summed E-state index contributed by atoms with van der Waals surface area (Å²) in [5.74, 6) is -0.105. The van der Waals surface area contributed by atoms with Crippen LogP contribution in [0.5, 0.6) is 0 Å². The van der Waals surface area contributed by atoms with E-state index in [-0.39, 0.29) is 5.91 Å². The van der Waals surface area contributed by atoms with Gasteiger partial charge in [-0.15, -0.1) is 11.8 Å². The number of thioether (sulfide) groups is 1. The molecule has 0 saturated carbocycles. The Bertz CT molecular complexity index is 608. The number of amides is 1. The van der Waals surface area contributed by atoms with E-state index < -0.39 is 0 Å². The predicted octanol–water partition coefficient (Wildman–Crippen LogP) is 4.01. The van der Waals surface area contributed by atoms with E-state index in [9.17, 15) is 4.79 Å². The summed E-state index contributed by atoms with van der Waals surface area (Å²) in [6.07, 6.45) is 2.03. The highest BCUT2D eigenvalue weighted by Crippen LogP contribution is 2.21. The SMILES string of the molecule is CNc1cc(C)ccc1C(=O)Nc1ccc(SC)cc1. The summed E-state index contributed by atoms with van der Waals surface area (Å²) in [6, 6.07) is 13.6. The lowest BCUT2D eigenvalue weighted by Gasteiger charge is -2.11. The summed E-state index contributed by atoms with van der Waals surface area (Å²) in [7, 11) is 1.82. The molecule has 0 heterocycles. The molecule has 1 amide bonds. The number of hydrogen-bond donors (Lipinski definition) is 2. The third-order valence-corrected chi connectivity index (χ3v) is 3.78. The number of benzene rings is 2. The number of nitrogens with one attached hydrogen (secondary N) is 2. The lowest BCUT2D eigenvalue weighted by molar-refractivity contribution is 0.102. The van der Waals surface area contributed by atoms with Crippen molar-refractivity contribution in [1.82, 2.24) is 0 Å². The van der Waals surface area contributed by atoms with Crippen LogP contribution in [0, 0.1) is 6.92 Å². The molecule has 20 heavy (non-hydrogen) atoms. The summed E-state index contributed by atoms with van der Waals surface area (Å²) < 4.78 is 0. The van der Waals surface area contributed by atoms with Crippen molar-refractivity contribution in [3.63, 3.8) is 0 Å². The lowest BCUT2D eigenvalue weighted by atomic mass is 10.1. The smallest absolute Gasteiger partial charge is 0.257 e. The Morgan fingerprint density at radius 1 is 1.10 bits per heavy atom. The lowest BCUT2D eigenvalue weighted by Crippen LogP contribution is -2.14. The van der Waals surface area contributed by atoms with Gasteiger partial charge in [0.15, 0.2) is 0 Å². The molecule has 0 radical (unpaired) electrons. The summed E-state index contributed by atoms with van der Waals surface area (Å²) in [4.78, 5) is 13.5. The van der Waals surface area contributed by atoms with Crippen LogP contribution in [0.1, 0.15) is 15.9 Å². The number of anilines is 2. The molecule has 0 bridgehead atoms. The number of carbonyl (C=O) groups excluding carboxylic acids is 1. The van der Waals surface area contributed by atoms with Gasteiger partial charge in [0.2, 0.25) is 0 Å². The molecule has 0 atom stereocenters. The van der Waals surface area contributed by atoms with Crippen LogP contribution in [0.3, 0.4) is 0 Å². The summed E-state index contributed by atoms with van der Waals surface area (Å²) >= 11 is 1.68. The molecular weight excluding hydrogens is 268 g/mol. The van der Waals surface area contributed by atoms with Crippen molar-refractivity contribution >= 4 is 29.0 Å². The molecular formula is C16H18N2OS. The fourth-order valence-electron chi connectivity index (χ4n) is 1.94. The van der Waals surface area contributed by atoms with Crippen LogP contribution in [-0.2, 0) is 0 Å². The molecule has 2 aromatic carbocycles. The molecule has 2 aromatic rings. The number of rotatable bonds is 4. The maximum Gasteiger partial charge on any atom is 0.257 e. The van der Waals surface area contributed by atoms with Crippen LogP contribution in [-0.4, -0.2) is 19.2 Å². The second kappa shape index (κ2) is 6.48. The van der Waals surface area contributed by atoms with Gasteiger partial charge in [-0.2, -0.15) is 0 Å². The third kappa shape index (κ3) is 3.33. The Morgan fingerprint density at radius 2 is 1.80 bits per heavy atom. The first-order valence-corrected chi connectivity index (χ1v) is 7.60. The maximum absolute atomic E-state index is 12.3. The zero-order valence-electron chi connectivity index (χ0n) is 11.9. The minimum Gasteiger partial charge on any atom is -0.387 e. The highest BCUT2D eigenvalue weighted by molar-refractivity contribution is 7.98. The maximum atomic E-state index is 12.3. The van der Waals surface area contributed by atoms with E-state index >= 15 is 0 Å². The van der Waals surface area contributed by atoms with E-state index in [1.54, 1.807) is 11.8 Å². The molecule has 0 aliphatic heterocycles. The molecule has 0 aliphatic rings. The van der Waals surface area contributed by atoms with Crippen molar-refractivity contribution in [3.05, 3.63) is 53.6 Å². The largest absolute Gasteiger partial charge is 0.387 e. The first-order chi connectivity index (χ1) is 9.63. The minimum atomic E-state index is -0.105. The van der Waals surface area contributed by atoms with E-state index in [0.717, 1.165) is 16.9 Å². The highest BCUT2D eigenvalue weighted by atomic mass is 32.2. The molecule has 2 rings (SSSR count). The zero-order valence-corrected chi connectivity index (χ0v) is 12.7. The fraction of sp³-hybridized carbons (Fsp3) is 0.188. The number of hydrogen-bond acceptors (Lipinski definition) is 3. The van der Waals surface area contributed by atoms with Crippen molar-refractivity contribution in [2.24, 2.45) is 0 Å². The first kappa shape index (κ1) is 14.5. The van der Waals surface area contributed by atoms with E-state index in [2.05, 4.69) is 10.6 Å². The fourth-order valence-corrected chi connectivity index (χ4v) is 2.34. The molecule has 0 spiro atoms. The van der Waals surface area contributed by atoms with E-state index in [1.165, 1.54) is 4.90 Å². The van der Waals surface area contributed by atoms with Gasteiger partial charge in [-0.1, -0.05) is 6.07 Å².